The molecule has 1 saturated carbocycles. The van der Waals surface area contributed by atoms with Crippen molar-refractivity contribution in [3.63, 3.8) is 0 Å². The van der Waals surface area contributed by atoms with E-state index in [4.69, 9.17) is 19.5 Å². The third-order valence-corrected chi connectivity index (χ3v) is 6.48. The summed E-state index contributed by atoms with van der Waals surface area (Å²) in [6, 6.07) is 16.6. The third kappa shape index (κ3) is 4.57. The van der Waals surface area contributed by atoms with Gasteiger partial charge in [0.15, 0.2) is 11.6 Å². The molecule has 3 aromatic rings. The summed E-state index contributed by atoms with van der Waals surface area (Å²) in [6.07, 6.45) is 1.08. The molecule has 2 aliphatic carbocycles. The molecule has 1 fully saturated rings. The van der Waals surface area contributed by atoms with Crippen LogP contribution in [0.2, 0.25) is 0 Å². The summed E-state index contributed by atoms with van der Waals surface area (Å²) in [5, 5.41) is 8.94. The Kier molecular flexibility index (Phi) is 6.12. The van der Waals surface area contributed by atoms with E-state index in [1.54, 1.807) is 31.2 Å². The maximum atomic E-state index is 14.8. The third-order valence-electron chi connectivity index (χ3n) is 6.48. The Morgan fingerprint density at radius 1 is 1.06 bits per heavy atom. The van der Waals surface area contributed by atoms with Crippen molar-refractivity contribution < 1.29 is 27.8 Å². The molecule has 0 bridgehead atoms. The van der Waals surface area contributed by atoms with Crippen LogP contribution >= 0.6 is 0 Å². The Balaban J connectivity index is 1.32. The smallest absolute Gasteiger partial charge is 0.309 e. The zero-order valence-corrected chi connectivity index (χ0v) is 19.1. The van der Waals surface area contributed by atoms with Crippen molar-refractivity contribution in [3.05, 3.63) is 88.5 Å². The predicted octanol–water partition coefficient (Wildman–Crippen LogP) is 6.36. The summed E-state index contributed by atoms with van der Waals surface area (Å²) in [6.45, 7) is 2.17. The van der Waals surface area contributed by atoms with Crippen LogP contribution in [0.25, 0.3) is 0 Å². The second-order valence-electron chi connectivity index (χ2n) is 8.71. The molecule has 0 unspecified atom stereocenters. The molecule has 0 N–H and O–H groups in total. The average Bonchev–Trinajstić information content (AvgIpc) is 3.56. The highest BCUT2D eigenvalue weighted by Gasteiger charge is 2.45. The van der Waals surface area contributed by atoms with Crippen molar-refractivity contribution in [1.82, 2.24) is 0 Å². The first-order valence-electron chi connectivity index (χ1n) is 11.6. The van der Waals surface area contributed by atoms with Crippen LogP contribution in [0, 0.1) is 28.9 Å². The van der Waals surface area contributed by atoms with Crippen LogP contribution in [-0.4, -0.2) is 12.6 Å². The number of rotatable bonds is 7. The van der Waals surface area contributed by atoms with Crippen LogP contribution in [0.15, 0.2) is 54.6 Å². The van der Waals surface area contributed by atoms with Gasteiger partial charge in [0.05, 0.1) is 24.2 Å². The molecule has 35 heavy (non-hydrogen) atoms. The highest BCUT2D eigenvalue weighted by atomic mass is 19.1. The quantitative estimate of drug-likeness (QED) is 0.372. The lowest BCUT2D eigenvalue weighted by atomic mass is 10.1. The minimum Gasteiger partial charge on any atom is -0.486 e. The van der Waals surface area contributed by atoms with Gasteiger partial charge in [-0.05, 0) is 74.1 Å². The Morgan fingerprint density at radius 3 is 2.46 bits per heavy atom. The van der Waals surface area contributed by atoms with E-state index in [-0.39, 0.29) is 23.6 Å². The summed E-state index contributed by atoms with van der Waals surface area (Å²) < 4.78 is 46.4. The Morgan fingerprint density at radius 2 is 1.77 bits per heavy atom. The van der Waals surface area contributed by atoms with Crippen LogP contribution in [0.5, 0.6) is 17.2 Å². The van der Waals surface area contributed by atoms with Gasteiger partial charge >= 0.3 is 5.97 Å². The molecule has 3 aromatic carbocycles. The lowest BCUT2D eigenvalue weighted by molar-refractivity contribution is -0.144. The van der Waals surface area contributed by atoms with Gasteiger partial charge in [-0.25, -0.2) is 8.78 Å². The molecule has 0 spiro atoms. The second-order valence-corrected chi connectivity index (χ2v) is 8.71. The van der Waals surface area contributed by atoms with Crippen molar-refractivity contribution in [3.8, 4) is 23.3 Å². The van der Waals surface area contributed by atoms with Crippen LogP contribution < -0.4 is 9.47 Å². The van der Waals surface area contributed by atoms with E-state index in [9.17, 15) is 13.6 Å². The lowest BCUT2D eigenvalue weighted by Crippen LogP contribution is -2.08. The molecule has 0 aromatic heterocycles. The van der Waals surface area contributed by atoms with E-state index in [1.165, 1.54) is 0 Å². The van der Waals surface area contributed by atoms with Gasteiger partial charge in [-0.1, -0.05) is 12.1 Å². The zero-order valence-electron chi connectivity index (χ0n) is 19.1. The number of carbonyl (C=O) groups excluding carboxylic acids is 1. The molecule has 0 saturated heterocycles. The fourth-order valence-electron chi connectivity index (χ4n) is 4.66. The summed E-state index contributed by atoms with van der Waals surface area (Å²) in [4.78, 5) is 11.9. The Bertz CT molecular complexity index is 1300. The molecular weight excluding hydrogens is 452 g/mol. The molecular formula is C28H23F2NO4. The summed E-state index contributed by atoms with van der Waals surface area (Å²) >= 11 is 0. The number of carbonyl (C=O) groups is 1. The van der Waals surface area contributed by atoms with E-state index in [0.29, 0.717) is 47.6 Å². The van der Waals surface area contributed by atoms with E-state index < -0.39 is 17.7 Å². The fraction of sp³-hybridized carbons (Fsp3) is 0.286. The minimum atomic E-state index is -0.781. The van der Waals surface area contributed by atoms with E-state index in [1.807, 2.05) is 30.3 Å². The maximum absolute atomic E-state index is 14.8. The van der Waals surface area contributed by atoms with Gasteiger partial charge in [0.1, 0.15) is 23.4 Å². The largest absolute Gasteiger partial charge is 0.486 e. The van der Waals surface area contributed by atoms with Gasteiger partial charge in [-0.2, -0.15) is 5.26 Å². The number of hydrogen-bond donors (Lipinski definition) is 0. The van der Waals surface area contributed by atoms with Crippen LogP contribution in [0.1, 0.15) is 54.0 Å². The van der Waals surface area contributed by atoms with Gasteiger partial charge in [0, 0.05) is 17.2 Å². The van der Waals surface area contributed by atoms with E-state index in [0.717, 1.165) is 18.1 Å². The summed E-state index contributed by atoms with van der Waals surface area (Å²) in [7, 11) is 0. The highest BCUT2D eigenvalue weighted by molar-refractivity contribution is 5.77. The average molecular weight is 475 g/mol. The predicted molar refractivity (Wildman–Crippen MR) is 123 cm³/mol. The fourth-order valence-corrected chi connectivity index (χ4v) is 4.66. The molecule has 0 aliphatic heterocycles. The van der Waals surface area contributed by atoms with Crippen LogP contribution in [0.3, 0.4) is 0 Å². The number of nitriles is 1. The van der Waals surface area contributed by atoms with Crippen LogP contribution in [0.4, 0.5) is 8.78 Å². The molecule has 0 radical (unpaired) electrons. The van der Waals surface area contributed by atoms with Gasteiger partial charge in [-0.15, -0.1) is 0 Å². The highest BCUT2D eigenvalue weighted by Crippen LogP contribution is 2.49. The Labute approximate surface area is 201 Å². The number of fused-ring (bicyclic) bond motifs is 1. The van der Waals surface area contributed by atoms with Gasteiger partial charge in [0.2, 0.25) is 0 Å². The molecule has 0 amide bonds. The van der Waals surface area contributed by atoms with Gasteiger partial charge < -0.3 is 14.2 Å². The summed E-state index contributed by atoms with van der Waals surface area (Å²) in [5.41, 5.74) is 2.24. The molecule has 7 heteroatoms. The number of benzene rings is 3. The topological polar surface area (TPSA) is 68.6 Å². The number of hydrogen-bond acceptors (Lipinski definition) is 5. The maximum Gasteiger partial charge on any atom is 0.309 e. The van der Waals surface area contributed by atoms with Gasteiger partial charge in [0.25, 0.3) is 0 Å². The van der Waals surface area contributed by atoms with E-state index >= 15 is 0 Å². The number of esters is 1. The number of ether oxygens (including phenoxy) is 3. The lowest BCUT2D eigenvalue weighted by Gasteiger charge is -2.17. The van der Waals surface area contributed by atoms with Crippen molar-refractivity contribution in [2.24, 2.45) is 5.92 Å². The Hall–Kier alpha value is -3.92. The molecule has 5 rings (SSSR count). The molecule has 2 aliphatic rings. The first-order chi connectivity index (χ1) is 17.0. The molecule has 3 atom stereocenters. The summed E-state index contributed by atoms with van der Waals surface area (Å²) in [5.74, 6) is -0.653. The molecule has 5 nitrogen and oxygen atoms in total. The zero-order chi connectivity index (χ0) is 24.5. The van der Waals surface area contributed by atoms with Crippen LogP contribution in [-0.2, 0) is 16.0 Å². The normalized spacial score (nSPS) is 20.0. The standard InChI is InChI=1S/C28H23F2NO4/c1-2-33-28(32)22-13-21(22)17-5-9-18(10-6-17)34-25-12-11-20-26(25)23(29)14-24(30)27(20)35-19-7-3-16(15-31)4-8-19/h3-10,14,21-22,25H,2,11-13H2,1H3/t21-,22+,25-/m1/s1. The molecule has 0 heterocycles. The minimum absolute atomic E-state index is 0.0219. The SMILES string of the molecule is CCOC(=O)[C@H]1C[C@@H]1c1ccc(O[C@@H]2CCc3c(Oc4ccc(C#N)cc4)c(F)cc(F)c32)cc1. The first-order valence-corrected chi connectivity index (χ1v) is 11.6. The van der Waals surface area contributed by atoms with Crippen molar-refractivity contribution in [1.29, 1.82) is 5.26 Å². The first kappa shape index (κ1) is 22.9. The molecule has 178 valence electrons. The van der Waals surface area contributed by atoms with E-state index in [2.05, 4.69) is 0 Å². The van der Waals surface area contributed by atoms with Crippen molar-refractivity contribution in [2.75, 3.05) is 6.61 Å². The van der Waals surface area contributed by atoms with Crippen molar-refractivity contribution >= 4 is 5.97 Å². The monoisotopic (exact) mass is 475 g/mol. The number of halogens is 2. The number of nitrogens with zero attached hydrogens (tertiary/aromatic N) is 1. The van der Waals surface area contributed by atoms with Crippen molar-refractivity contribution in [2.45, 2.75) is 38.2 Å². The van der Waals surface area contributed by atoms with Gasteiger partial charge in [-0.3, -0.25) is 4.79 Å². The second kappa shape index (κ2) is 9.38.